The van der Waals surface area contributed by atoms with E-state index in [2.05, 4.69) is 40.1 Å². The van der Waals surface area contributed by atoms with E-state index >= 15 is 0 Å². The number of amides is 1. The van der Waals surface area contributed by atoms with Crippen LogP contribution in [0.15, 0.2) is 53.3 Å². The van der Waals surface area contributed by atoms with Gasteiger partial charge in [-0.05, 0) is 39.9 Å². The third-order valence-electron chi connectivity index (χ3n) is 3.18. The van der Waals surface area contributed by atoms with Gasteiger partial charge in [-0.1, -0.05) is 44.2 Å². The van der Waals surface area contributed by atoms with Crippen LogP contribution in [-0.4, -0.2) is 10.9 Å². The Kier molecular flexibility index (Phi) is 5.51. The fraction of sp³-hybridized carbons (Fsp3) is 0.294. The number of hydrogen-bond donors (Lipinski definition) is 1. The SMILES string of the molecule is CC(C)C[C@H](NC(=O)c1cncc(Br)c1)c1ccccc1. The zero-order chi connectivity index (χ0) is 15.2. The lowest BCUT2D eigenvalue weighted by molar-refractivity contribution is 0.0931. The van der Waals surface area contributed by atoms with Crippen LogP contribution in [0.2, 0.25) is 0 Å². The summed E-state index contributed by atoms with van der Waals surface area (Å²) in [6.45, 7) is 4.31. The smallest absolute Gasteiger partial charge is 0.253 e. The summed E-state index contributed by atoms with van der Waals surface area (Å²) >= 11 is 3.34. The summed E-state index contributed by atoms with van der Waals surface area (Å²) in [5, 5.41) is 3.11. The number of carbonyl (C=O) groups excluding carboxylic acids is 1. The van der Waals surface area contributed by atoms with Crippen molar-refractivity contribution >= 4 is 21.8 Å². The zero-order valence-electron chi connectivity index (χ0n) is 12.2. The lowest BCUT2D eigenvalue weighted by Gasteiger charge is -2.21. The van der Waals surface area contributed by atoms with E-state index in [0.717, 1.165) is 16.5 Å². The number of pyridine rings is 1. The first kappa shape index (κ1) is 15.7. The third-order valence-corrected chi connectivity index (χ3v) is 3.62. The van der Waals surface area contributed by atoms with Crippen LogP contribution in [0.25, 0.3) is 0 Å². The summed E-state index contributed by atoms with van der Waals surface area (Å²) in [7, 11) is 0. The van der Waals surface area contributed by atoms with Crippen molar-refractivity contribution in [3.8, 4) is 0 Å². The van der Waals surface area contributed by atoms with E-state index in [0.29, 0.717) is 11.5 Å². The van der Waals surface area contributed by atoms with E-state index < -0.39 is 0 Å². The van der Waals surface area contributed by atoms with Gasteiger partial charge in [-0.2, -0.15) is 0 Å². The molecule has 0 spiro atoms. The molecule has 0 bridgehead atoms. The highest BCUT2D eigenvalue weighted by Gasteiger charge is 2.17. The molecule has 0 saturated carbocycles. The van der Waals surface area contributed by atoms with Crippen LogP contribution in [0, 0.1) is 5.92 Å². The van der Waals surface area contributed by atoms with Gasteiger partial charge in [0.25, 0.3) is 5.91 Å². The summed E-state index contributed by atoms with van der Waals surface area (Å²) in [5.74, 6) is 0.398. The predicted octanol–water partition coefficient (Wildman–Crippen LogP) is 4.36. The molecular formula is C17H19BrN2O. The van der Waals surface area contributed by atoms with E-state index in [9.17, 15) is 4.79 Å². The Morgan fingerprint density at radius 3 is 2.57 bits per heavy atom. The molecule has 1 atom stereocenters. The van der Waals surface area contributed by atoms with Crippen molar-refractivity contribution < 1.29 is 4.79 Å². The minimum atomic E-state index is -0.0988. The monoisotopic (exact) mass is 346 g/mol. The fourth-order valence-corrected chi connectivity index (χ4v) is 2.58. The van der Waals surface area contributed by atoms with Gasteiger partial charge in [-0.15, -0.1) is 0 Å². The van der Waals surface area contributed by atoms with Gasteiger partial charge < -0.3 is 5.32 Å². The molecular weight excluding hydrogens is 328 g/mol. The number of benzene rings is 1. The Bertz CT molecular complexity index is 599. The van der Waals surface area contributed by atoms with Gasteiger partial charge in [0.05, 0.1) is 11.6 Å². The van der Waals surface area contributed by atoms with E-state index in [-0.39, 0.29) is 11.9 Å². The number of hydrogen-bond acceptors (Lipinski definition) is 2. The topological polar surface area (TPSA) is 42.0 Å². The van der Waals surface area contributed by atoms with Crippen molar-refractivity contribution in [3.63, 3.8) is 0 Å². The van der Waals surface area contributed by atoms with E-state index in [1.165, 1.54) is 0 Å². The van der Waals surface area contributed by atoms with Crippen LogP contribution >= 0.6 is 15.9 Å². The maximum absolute atomic E-state index is 12.4. The number of aromatic nitrogens is 1. The molecule has 2 rings (SSSR count). The van der Waals surface area contributed by atoms with Crippen molar-refractivity contribution in [2.75, 3.05) is 0 Å². The Hall–Kier alpha value is -1.68. The fourth-order valence-electron chi connectivity index (χ4n) is 2.21. The molecule has 2 aromatic rings. The molecule has 1 aromatic heterocycles. The molecule has 0 unspecified atom stereocenters. The van der Waals surface area contributed by atoms with E-state index in [1.807, 2.05) is 30.3 Å². The van der Waals surface area contributed by atoms with Crippen LogP contribution in [0.3, 0.4) is 0 Å². The van der Waals surface area contributed by atoms with Crippen LogP contribution in [-0.2, 0) is 0 Å². The van der Waals surface area contributed by atoms with E-state index in [4.69, 9.17) is 0 Å². The number of nitrogens with zero attached hydrogens (tertiary/aromatic N) is 1. The van der Waals surface area contributed by atoms with Crippen molar-refractivity contribution in [2.45, 2.75) is 26.3 Å². The number of nitrogens with one attached hydrogen (secondary N) is 1. The summed E-state index contributed by atoms with van der Waals surface area (Å²) in [6.07, 6.45) is 4.15. The zero-order valence-corrected chi connectivity index (χ0v) is 13.8. The van der Waals surface area contributed by atoms with Gasteiger partial charge in [0.1, 0.15) is 0 Å². The second-order valence-electron chi connectivity index (χ2n) is 5.46. The molecule has 0 aliphatic heterocycles. The Balaban J connectivity index is 2.17. The summed E-state index contributed by atoms with van der Waals surface area (Å²) in [5.41, 5.74) is 1.69. The minimum Gasteiger partial charge on any atom is -0.345 e. The molecule has 0 aliphatic rings. The standard InChI is InChI=1S/C17H19BrN2O/c1-12(2)8-16(13-6-4-3-5-7-13)20-17(21)14-9-15(18)11-19-10-14/h3-7,9-12,16H,8H2,1-2H3,(H,20,21)/t16-/m0/s1. The van der Waals surface area contributed by atoms with Gasteiger partial charge in [0.15, 0.2) is 0 Å². The first-order chi connectivity index (χ1) is 10.1. The molecule has 0 radical (unpaired) electrons. The lowest BCUT2D eigenvalue weighted by atomic mass is 9.97. The molecule has 1 amide bonds. The molecule has 0 aliphatic carbocycles. The average molecular weight is 347 g/mol. The molecule has 1 N–H and O–H groups in total. The molecule has 4 heteroatoms. The Morgan fingerprint density at radius 1 is 1.24 bits per heavy atom. The normalized spacial score (nSPS) is 12.2. The second kappa shape index (κ2) is 7.36. The molecule has 21 heavy (non-hydrogen) atoms. The molecule has 1 heterocycles. The van der Waals surface area contributed by atoms with Crippen molar-refractivity contribution in [1.82, 2.24) is 10.3 Å². The molecule has 110 valence electrons. The Labute approximate surface area is 133 Å². The van der Waals surface area contributed by atoms with Gasteiger partial charge in [0, 0.05) is 16.9 Å². The summed E-state index contributed by atoms with van der Waals surface area (Å²) < 4.78 is 0.801. The van der Waals surface area contributed by atoms with Crippen LogP contribution in [0.1, 0.15) is 42.2 Å². The number of carbonyl (C=O) groups is 1. The Morgan fingerprint density at radius 2 is 1.95 bits per heavy atom. The molecule has 1 aromatic carbocycles. The highest BCUT2D eigenvalue weighted by Crippen LogP contribution is 2.22. The molecule has 0 saturated heterocycles. The predicted molar refractivity (Wildman–Crippen MR) is 88.0 cm³/mol. The third kappa shape index (κ3) is 4.67. The first-order valence-electron chi connectivity index (χ1n) is 7.02. The molecule has 3 nitrogen and oxygen atoms in total. The maximum Gasteiger partial charge on any atom is 0.253 e. The van der Waals surface area contributed by atoms with Gasteiger partial charge in [-0.3, -0.25) is 9.78 Å². The molecule has 0 fully saturated rings. The van der Waals surface area contributed by atoms with Gasteiger partial charge in [0.2, 0.25) is 0 Å². The summed E-state index contributed by atoms with van der Waals surface area (Å²) in [4.78, 5) is 16.4. The minimum absolute atomic E-state index is 0.0117. The number of rotatable bonds is 5. The highest BCUT2D eigenvalue weighted by atomic mass is 79.9. The van der Waals surface area contributed by atoms with Crippen LogP contribution in [0.4, 0.5) is 0 Å². The van der Waals surface area contributed by atoms with Crippen LogP contribution < -0.4 is 5.32 Å². The quantitative estimate of drug-likeness (QED) is 0.873. The van der Waals surface area contributed by atoms with Crippen molar-refractivity contribution in [2.24, 2.45) is 5.92 Å². The second-order valence-corrected chi connectivity index (χ2v) is 6.37. The lowest BCUT2D eigenvalue weighted by Crippen LogP contribution is -2.29. The maximum atomic E-state index is 12.4. The van der Waals surface area contributed by atoms with Gasteiger partial charge in [-0.25, -0.2) is 0 Å². The van der Waals surface area contributed by atoms with Crippen LogP contribution in [0.5, 0.6) is 0 Å². The van der Waals surface area contributed by atoms with Gasteiger partial charge >= 0.3 is 0 Å². The highest BCUT2D eigenvalue weighted by molar-refractivity contribution is 9.10. The van der Waals surface area contributed by atoms with E-state index in [1.54, 1.807) is 18.5 Å². The number of halogens is 1. The average Bonchev–Trinajstić information content (AvgIpc) is 2.47. The largest absolute Gasteiger partial charge is 0.345 e. The van der Waals surface area contributed by atoms with Crippen molar-refractivity contribution in [3.05, 3.63) is 64.4 Å². The first-order valence-corrected chi connectivity index (χ1v) is 7.82. The summed E-state index contributed by atoms with van der Waals surface area (Å²) in [6, 6.07) is 11.9. The van der Waals surface area contributed by atoms with Crippen molar-refractivity contribution in [1.29, 1.82) is 0 Å².